The van der Waals surface area contributed by atoms with E-state index >= 15 is 0 Å². The van der Waals surface area contributed by atoms with Crippen LogP contribution in [0.5, 0.6) is 0 Å². The summed E-state index contributed by atoms with van der Waals surface area (Å²) in [6.07, 6.45) is 1.15. The van der Waals surface area contributed by atoms with E-state index in [2.05, 4.69) is 31.2 Å². The normalized spacial score (nSPS) is 11.5. The van der Waals surface area contributed by atoms with Crippen molar-refractivity contribution in [3.05, 3.63) is 16.0 Å². The number of methoxy groups -OCH3 is 1. The molecule has 0 fully saturated rings. The molecule has 1 rings (SSSR count). The maximum atomic E-state index is 11.2. The molecule has 0 aliphatic carbocycles. The Morgan fingerprint density at radius 1 is 1.41 bits per heavy atom. The molecule has 0 bridgehead atoms. The molecule has 1 N–H and O–H groups in total. The van der Waals surface area contributed by atoms with Gasteiger partial charge >= 0.3 is 0 Å². The smallest absolute Gasteiger partial charge is 0.154 e. The van der Waals surface area contributed by atoms with Gasteiger partial charge in [-0.25, -0.2) is 18.4 Å². The average molecular weight is 324 g/mol. The largest absolute Gasteiger partial charge is 0.378 e. The molecule has 0 saturated heterocycles. The van der Waals surface area contributed by atoms with Crippen molar-refractivity contribution in [2.24, 2.45) is 0 Å². The maximum Gasteiger partial charge on any atom is 0.154 e. The van der Waals surface area contributed by atoms with Gasteiger partial charge in [-0.1, -0.05) is 0 Å². The fourth-order valence-electron chi connectivity index (χ4n) is 1.24. The van der Waals surface area contributed by atoms with Crippen LogP contribution in [0.3, 0.4) is 0 Å². The molecule has 8 heteroatoms. The second-order valence-electron chi connectivity index (χ2n) is 3.50. The van der Waals surface area contributed by atoms with Crippen LogP contribution < -0.4 is 5.32 Å². The number of sulfone groups is 1. The van der Waals surface area contributed by atoms with Crippen molar-refractivity contribution in [2.75, 3.05) is 25.7 Å². The Hall–Kier alpha value is -0.730. The Kier molecular flexibility index (Phi) is 4.84. The van der Waals surface area contributed by atoms with Crippen LogP contribution in [0, 0.1) is 0 Å². The molecule has 0 aromatic carbocycles. The maximum absolute atomic E-state index is 11.2. The van der Waals surface area contributed by atoms with Gasteiger partial charge in [0.1, 0.15) is 17.4 Å². The molecule has 0 atom stereocenters. The van der Waals surface area contributed by atoms with Crippen LogP contribution in [0.15, 0.2) is 4.47 Å². The summed E-state index contributed by atoms with van der Waals surface area (Å²) in [7, 11) is 0.0921. The standard InChI is InChI=1S/C9H14BrN3O3S/c1-11-9-8(10)6(4-16-2)12-7(13-9)5-17(3,14)15/h4-5H2,1-3H3,(H,11,12,13). The number of nitrogens with one attached hydrogen (secondary N) is 1. The van der Waals surface area contributed by atoms with Crippen molar-refractivity contribution < 1.29 is 13.2 Å². The van der Waals surface area contributed by atoms with Gasteiger partial charge in [-0.05, 0) is 15.9 Å². The van der Waals surface area contributed by atoms with Gasteiger partial charge in [0.2, 0.25) is 0 Å². The lowest BCUT2D eigenvalue weighted by atomic mass is 10.4. The van der Waals surface area contributed by atoms with Gasteiger partial charge in [-0.2, -0.15) is 0 Å². The van der Waals surface area contributed by atoms with E-state index in [1.807, 2.05) is 0 Å². The van der Waals surface area contributed by atoms with Crippen molar-refractivity contribution in [2.45, 2.75) is 12.4 Å². The highest BCUT2D eigenvalue weighted by atomic mass is 79.9. The summed E-state index contributed by atoms with van der Waals surface area (Å²) in [6, 6.07) is 0. The van der Waals surface area contributed by atoms with Crippen LogP contribution in [0.25, 0.3) is 0 Å². The van der Waals surface area contributed by atoms with Crippen molar-refractivity contribution in [3.8, 4) is 0 Å². The molecule has 17 heavy (non-hydrogen) atoms. The molecule has 0 unspecified atom stereocenters. The molecule has 6 nitrogen and oxygen atoms in total. The van der Waals surface area contributed by atoms with E-state index in [9.17, 15) is 8.42 Å². The topological polar surface area (TPSA) is 81.2 Å². The van der Waals surface area contributed by atoms with Crippen LogP contribution in [-0.2, 0) is 26.9 Å². The number of rotatable bonds is 5. The van der Waals surface area contributed by atoms with E-state index in [-0.39, 0.29) is 18.2 Å². The first-order valence-corrected chi connectivity index (χ1v) is 7.62. The lowest BCUT2D eigenvalue weighted by Crippen LogP contribution is -2.10. The summed E-state index contributed by atoms with van der Waals surface area (Å²) in [5, 5.41) is 2.87. The number of hydrogen-bond donors (Lipinski definition) is 1. The third kappa shape index (κ3) is 4.21. The highest BCUT2D eigenvalue weighted by Gasteiger charge is 2.14. The minimum absolute atomic E-state index is 0.189. The van der Waals surface area contributed by atoms with Crippen LogP contribution in [-0.4, -0.2) is 38.8 Å². The zero-order chi connectivity index (χ0) is 13.1. The third-order valence-electron chi connectivity index (χ3n) is 1.88. The zero-order valence-electron chi connectivity index (χ0n) is 9.82. The van der Waals surface area contributed by atoms with Crippen molar-refractivity contribution in [3.63, 3.8) is 0 Å². The molecule has 0 amide bonds. The fourth-order valence-corrected chi connectivity index (χ4v) is 2.33. The van der Waals surface area contributed by atoms with E-state index in [4.69, 9.17) is 4.74 Å². The molecular weight excluding hydrogens is 310 g/mol. The molecule has 0 spiro atoms. The number of ether oxygens (including phenoxy) is 1. The van der Waals surface area contributed by atoms with Gasteiger partial charge in [0.15, 0.2) is 9.84 Å². The van der Waals surface area contributed by atoms with Crippen molar-refractivity contribution >= 4 is 31.6 Å². The van der Waals surface area contributed by atoms with Gasteiger partial charge < -0.3 is 10.1 Å². The van der Waals surface area contributed by atoms with E-state index in [1.54, 1.807) is 14.2 Å². The van der Waals surface area contributed by atoms with Crippen molar-refractivity contribution in [1.82, 2.24) is 9.97 Å². The number of halogens is 1. The summed E-state index contributed by atoms with van der Waals surface area (Å²) in [4.78, 5) is 8.27. The predicted molar refractivity (Wildman–Crippen MR) is 68.5 cm³/mol. The highest BCUT2D eigenvalue weighted by Crippen LogP contribution is 2.24. The Bertz CT molecular complexity index is 504. The molecule has 0 radical (unpaired) electrons. The Labute approximate surface area is 109 Å². The fraction of sp³-hybridized carbons (Fsp3) is 0.556. The first-order valence-electron chi connectivity index (χ1n) is 4.77. The molecule has 0 aliphatic heterocycles. The Morgan fingerprint density at radius 2 is 2.06 bits per heavy atom. The molecule has 96 valence electrons. The summed E-state index contributed by atoms with van der Waals surface area (Å²) >= 11 is 3.34. The molecule has 0 saturated carbocycles. The molecule has 0 aliphatic rings. The number of aromatic nitrogens is 2. The number of anilines is 1. The van der Waals surface area contributed by atoms with E-state index in [0.29, 0.717) is 16.0 Å². The van der Waals surface area contributed by atoms with E-state index in [1.165, 1.54) is 0 Å². The van der Waals surface area contributed by atoms with Gasteiger partial charge in [0.05, 0.1) is 16.8 Å². The average Bonchev–Trinajstić information content (AvgIpc) is 2.20. The van der Waals surface area contributed by atoms with Crippen LogP contribution in [0.1, 0.15) is 11.5 Å². The lowest BCUT2D eigenvalue weighted by Gasteiger charge is -2.10. The summed E-state index contributed by atoms with van der Waals surface area (Å²) < 4.78 is 28.1. The van der Waals surface area contributed by atoms with Crippen LogP contribution in [0.2, 0.25) is 0 Å². The van der Waals surface area contributed by atoms with E-state index < -0.39 is 9.84 Å². The van der Waals surface area contributed by atoms with E-state index in [0.717, 1.165) is 6.26 Å². The second kappa shape index (κ2) is 5.74. The second-order valence-corrected chi connectivity index (χ2v) is 6.44. The van der Waals surface area contributed by atoms with Crippen LogP contribution >= 0.6 is 15.9 Å². The molecule has 1 heterocycles. The summed E-state index contributed by atoms with van der Waals surface area (Å²) in [5.41, 5.74) is 0.616. The molecule has 1 aromatic heterocycles. The van der Waals surface area contributed by atoms with Gasteiger partial charge in [-0.3, -0.25) is 0 Å². The first kappa shape index (κ1) is 14.3. The molecule has 1 aromatic rings. The quantitative estimate of drug-likeness (QED) is 0.869. The SMILES string of the molecule is CNc1nc(CS(C)(=O)=O)nc(COC)c1Br. The number of nitrogens with zero attached hydrogens (tertiary/aromatic N) is 2. The third-order valence-corrected chi connectivity index (χ3v) is 3.49. The minimum Gasteiger partial charge on any atom is -0.378 e. The summed E-state index contributed by atoms with van der Waals surface area (Å²) in [6.45, 7) is 0.286. The molecular formula is C9H14BrN3O3S. The van der Waals surface area contributed by atoms with Crippen molar-refractivity contribution in [1.29, 1.82) is 0 Å². The predicted octanol–water partition coefficient (Wildman–Crippen LogP) is 0.972. The monoisotopic (exact) mass is 323 g/mol. The van der Waals surface area contributed by atoms with Crippen LogP contribution in [0.4, 0.5) is 5.82 Å². The zero-order valence-corrected chi connectivity index (χ0v) is 12.2. The van der Waals surface area contributed by atoms with Gasteiger partial charge in [0, 0.05) is 20.4 Å². The number of hydrogen-bond acceptors (Lipinski definition) is 6. The Balaban J connectivity index is 3.20. The first-order chi connectivity index (χ1) is 7.87. The lowest BCUT2D eigenvalue weighted by molar-refractivity contribution is 0.180. The Morgan fingerprint density at radius 3 is 2.53 bits per heavy atom. The summed E-state index contributed by atoms with van der Waals surface area (Å²) in [5.74, 6) is 0.615. The van der Waals surface area contributed by atoms with Gasteiger partial charge in [0.25, 0.3) is 0 Å². The van der Waals surface area contributed by atoms with Gasteiger partial charge in [-0.15, -0.1) is 0 Å². The minimum atomic E-state index is -3.16. The highest BCUT2D eigenvalue weighted by molar-refractivity contribution is 9.10.